The zero-order chi connectivity index (χ0) is 13.2. The second kappa shape index (κ2) is 4.97. The molecule has 5 nitrogen and oxygen atoms in total. The first-order valence-corrected chi connectivity index (χ1v) is 7.01. The maximum absolute atomic E-state index is 12.4. The molecule has 0 saturated carbocycles. The van der Waals surface area contributed by atoms with Gasteiger partial charge in [0.05, 0.1) is 15.7 Å². The Balaban J connectivity index is 1.83. The molecule has 98 valence electrons. The van der Waals surface area contributed by atoms with Gasteiger partial charge in [-0.3, -0.25) is 9.59 Å². The van der Waals surface area contributed by atoms with Crippen molar-refractivity contribution in [2.75, 3.05) is 19.6 Å². The molecule has 1 fully saturated rings. The van der Waals surface area contributed by atoms with Crippen molar-refractivity contribution in [2.45, 2.75) is 6.42 Å². The molecular weight excluding hydrogens is 262 g/mol. The van der Waals surface area contributed by atoms with Crippen molar-refractivity contribution in [3.8, 4) is 0 Å². The van der Waals surface area contributed by atoms with Crippen LogP contribution in [0.1, 0.15) is 16.8 Å². The SMILES string of the molecule is O=C1CCN(C(=O)c2ccc3ncsc3c2)CCN1. The first-order chi connectivity index (χ1) is 9.24. The molecule has 2 aromatic rings. The molecule has 19 heavy (non-hydrogen) atoms. The Bertz CT molecular complexity index is 638. The van der Waals surface area contributed by atoms with Crippen LogP contribution in [0.15, 0.2) is 23.7 Å². The van der Waals surface area contributed by atoms with Crippen LogP contribution < -0.4 is 5.32 Å². The van der Waals surface area contributed by atoms with E-state index in [-0.39, 0.29) is 11.8 Å². The number of thiazole rings is 1. The minimum absolute atomic E-state index is 0.00760. The third kappa shape index (κ3) is 2.44. The van der Waals surface area contributed by atoms with Gasteiger partial charge in [-0.1, -0.05) is 0 Å². The smallest absolute Gasteiger partial charge is 0.253 e. The second-order valence-corrected chi connectivity index (χ2v) is 5.31. The fourth-order valence-electron chi connectivity index (χ4n) is 2.14. The predicted octanol–water partition coefficient (Wildman–Crippen LogP) is 1.26. The van der Waals surface area contributed by atoms with Crippen LogP contribution in [0.4, 0.5) is 0 Å². The maximum atomic E-state index is 12.4. The molecule has 2 heterocycles. The molecule has 6 heteroatoms. The molecule has 1 aliphatic heterocycles. The number of rotatable bonds is 1. The molecule has 1 aromatic heterocycles. The highest BCUT2D eigenvalue weighted by atomic mass is 32.1. The van der Waals surface area contributed by atoms with E-state index in [0.717, 1.165) is 10.2 Å². The van der Waals surface area contributed by atoms with Gasteiger partial charge in [0.15, 0.2) is 0 Å². The first kappa shape index (κ1) is 12.1. The summed E-state index contributed by atoms with van der Waals surface area (Å²) in [5.74, 6) is -0.0139. The Labute approximate surface area is 114 Å². The Hall–Kier alpha value is -1.95. The summed E-state index contributed by atoms with van der Waals surface area (Å²) in [5, 5.41) is 2.77. The lowest BCUT2D eigenvalue weighted by atomic mass is 10.2. The molecule has 0 unspecified atom stereocenters. The van der Waals surface area contributed by atoms with Gasteiger partial charge in [0.1, 0.15) is 0 Å². The summed E-state index contributed by atoms with van der Waals surface area (Å²) in [7, 11) is 0. The molecular formula is C13H13N3O2S. The van der Waals surface area contributed by atoms with E-state index >= 15 is 0 Å². The maximum Gasteiger partial charge on any atom is 0.253 e. The first-order valence-electron chi connectivity index (χ1n) is 6.13. The lowest BCUT2D eigenvalue weighted by molar-refractivity contribution is -0.120. The molecule has 0 bridgehead atoms. The Kier molecular flexibility index (Phi) is 3.16. The minimum atomic E-state index is -0.0215. The van der Waals surface area contributed by atoms with Crippen LogP contribution in [0.3, 0.4) is 0 Å². The zero-order valence-electron chi connectivity index (χ0n) is 10.3. The van der Waals surface area contributed by atoms with Gasteiger partial charge in [-0.15, -0.1) is 11.3 Å². The number of aromatic nitrogens is 1. The number of nitrogens with one attached hydrogen (secondary N) is 1. The number of fused-ring (bicyclic) bond motifs is 1. The van der Waals surface area contributed by atoms with E-state index in [0.29, 0.717) is 31.6 Å². The van der Waals surface area contributed by atoms with E-state index in [1.165, 1.54) is 11.3 Å². The lowest BCUT2D eigenvalue weighted by Gasteiger charge is -2.19. The molecule has 3 rings (SSSR count). The van der Waals surface area contributed by atoms with Crippen LogP contribution in [-0.4, -0.2) is 41.3 Å². The van der Waals surface area contributed by atoms with E-state index in [2.05, 4.69) is 10.3 Å². The third-order valence-electron chi connectivity index (χ3n) is 3.18. The molecule has 2 amide bonds. The van der Waals surface area contributed by atoms with Gasteiger partial charge in [-0.2, -0.15) is 0 Å². The lowest BCUT2D eigenvalue weighted by Crippen LogP contribution is -2.34. The number of amides is 2. The third-order valence-corrected chi connectivity index (χ3v) is 3.97. The highest BCUT2D eigenvalue weighted by Gasteiger charge is 2.19. The number of carbonyl (C=O) groups is 2. The summed E-state index contributed by atoms with van der Waals surface area (Å²) in [6.07, 6.45) is 0.370. The zero-order valence-corrected chi connectivity index (χ0v) is 11.1. The molecule has 1 saturated heterocycles. The van der Waals surface area contributed by atoms with Crippen LogP contribution in [0.2, 0.25) is 0 Å². The molecule has 0 aliphatic carbocycles. The van der Waals surface area contributed by atoms with E-state index in [9.17, 15) is 9.59 Å². The van der Waals surface area contributed by atoms with Crippen LogP contribution in [0.5, 0.6) is 0 Å². The van der Waals surface area contributed by atoms with Crippen LogP contribution in [0.25, 0.3) is 10.2 Å². The van der Waals surface area contributed by atoms with Gasteiger partial charge in [-0.05, 0) is 18.2 Å². The summed E-state index contributed by atoms with van der Waals surface area (Å²) in [5.41, 5.74) is 3.34. The van der Waals surface area contributed by atoms with Gasteiger partial charge in [0, 0.05) is 31.6 Å². The number of hydrogen-bond donors (Lipinski definition) is 1. The Morgan fingerprint density at radius 3 is 3.16 bits per heavy atom. The van der Waals surface area contributed by atoms with E-state index in [1.807, 2.05) is 12.1 Å². The summed E-state index contributed by atoms with van der Waals surface area (Å²) >= 11 is 1.52. The van der Waals surface area contributed by atoms with Crippen molar-refractivity contribution in [2.24, 2.45) is 0 Å². The second-order valence-electron chi connectivity index (χ2n) is 4.43. The number of carbonyl (C=O) groups excluding carboxylic acids is 2. The molecule has 0 atom stereocenters. The van der Waals surface area contributed by atoms with Gasteiger partial charge in [0.2, 0.25) is 5.91 Å². The summed E-state index contributed by atoms with van der Waals surface area (Å²) in [6, 6.07) is 5.53. The van der Waals surface area contributed by atoms with Crippen molar-refractivity contribution in [1.29, 1.82) is 0 Å². The highest BCUT2D eigenvalue weighted by molar-refractivity contribution is 7.16. The molecule has 1 aromatic carbocycles. The molecule has 0 radical (unpaired) electrons. The van der Waals surface area contributed by atoms with E-state index in [1.54, 1.807) is 16.5 Å². The summed E-state index contributed by atoms with van der Waals surface area (Å²) in [6.45, 7) is 1.56. The standard InChI is InChI=1S/C13H13N3O2S/c17-12-3-5-16(6-4-14-12)13(18)9-1-2-10-11(7-9)19-8-15-10/h1-2,7-8H,3-6H2,(H,14,17). The molecule has 1 N–H and O–H groups in total. The van der Waals surface area contributed by atoms with Crippen LogP contribution >= 0.6 is 11.3 Å². The number of hydrogen-bond acceptors (Lipinski definition) is 4. The van der Waals surface area contributed by atoms with Crippen molar-refractivity contribution >= 4 is 33.4 Å². The van der Waals surface area contributed by atoms with Crippen molar-refractivity contribution in [1.82, 2.24) is 15.2 Å². The fourth-order valence-corrected chi connectivity index (χ4v) is 2.86. The van der Waals surface area contributed by atoms with E-state index < -0.39 is 0 Å². The van der Waals surface area contributed by atoms with Gasteiger partial charge in [0.25, 0.3) is 5.91 Å². The minimum Gasteiger partial charge on any atom is -0.354 e. The monoisotopic (exact) mass is 275 g/mol. The quantitative estimate of drug-likeness (QED) is 0.852. The van der Waals surface area contributed by atoms with Crippen LogP contribution in [-0.2, 0) is 4.79 Å². The number of benzene rings is 1. The fraction of sp³-hybridized carbons (Fsp3) is 0.308. The Morgan fingerprint density at radius 1 is 1.37 bits per heavy atom. The van der Waals surface area contributed by atoms with Gasteiger partial charge in [-0.25, -0.2) is 4.98 Å². The highest BCUT2D eigenvalue weighted by Crippen LogP contribution is 2.20. The van der Waals surface area contributed by atoms with Crippen molar-refractivity contribution in [3.63, 3.8) is 0 Å². The summed E-state index contributed by atoms with van der Waals surface area (Å²) < 4.78 is 1.01. The molecule has 1 aliphatic rings. The molecule has 0 spiro atoms. The topological polar surface area (TPSA) is 62.3 Å². The predicted molar refractivity (Wildman–Crippen MR) is 73.2 cm³/mol. The average molecular weight is 275 g/mol. The average Bonchev–Trinajstić information content (AvgIpc) is 2.78. The summed E-state index contributed by atoms with van der Waals surface area (Å²) in [4.78, 5) is 29.6. The van der Waals surface area contributed by atoms with Crippen LogP contribution in [0, 0.1) is 0 Å². The van der Waals surface area contributed by atoms with Crippen molar-refractivity contribution in [3.05, 3.63) is 29.3 Å². The normalized spacial score (nSPS) is 16.2. The van der Waals surface area contributed by atoms with Crippen molar-refractivity contribution < 1.29 is 9.59 Å². The largest absolute Gasteiger partial charge is 0.354 e. The Morgan fingerprint density at radius 2 is 2.26 bits per heavy atom. The van der Waals surface area contributed by atoms with E-state index in [4.69, 9.17) is 0 Å². The number of nitrogens with zero attached hydrogens (tertiary/aromatic N) is 2. The van der Waals surface area contributed by atoms with Gasteiger partial charge < -0.3 is 10.2 Å². The van der Waals surface area contributed by atoms with Gasteiger partial charge >= 0.3 is 0 Å².